The molecule has 0 fully saturated rings. The molecule has 2 atom stereocenters. The van der Waals surface area contributed by atoms with Crippen molar-refractivity contribution in [3.8, 4) is 11.3 Å². The summed E-state index contributed by atoms with van der Waals surface area (Å²) in [7, 11) is 0. The molecule has 21 heavy (non-hydrogen) atoms. The van der Waals surface area contributed by atoms with E-state index in [9.17, 15) is 4.79 Å². The zero-order chi connectivity index (χ0) is 14.2. The number of allylic oxidation sites excluding steroid dienone is 2. The Kier molecular flexibility index (Phi) is 2.95. The highest BCUT2D eigenvalue weighted by atomic mass is 16.1. The summed E-state index contributed by atoms with van der Waals surface area (Å²) in [4.78, 5) is 12.6. The van der Waals surface area contributed by atoms with Crippen LogP contribution in [0.4, 0.5) is 0 Å². The van der Waals surface area contributed by atoms with Crippen molar-refractivity contribution in [1.29, 1.82) is 0 Å². The highest BCUT2D eigenvalue weighted by Gasteiger charge is 2.32. The van der Waals surface area contributed by atoms with Gasteiger partial charge in [-0.15, -0.1) is 5.10 Å². The second kappa shape index (κ2) is 4.95. The number of rotatable bonds is 3. The molecule has 0 saturated carbocycles. The van der Waals surface area contributed by atoms with Gasteiger partial charge >= 0.3 is 0 Å². The molecule has 0 bridgehead atoms. The molecule has 0 saturated heterocycles. The summed E-state index contributed by atoms with van der Waals surface area (Å²) in [6, 6.07) is 8.24. The van der Waals surface area contributed by atoms with E-state index < -0.39 is 0 Å². The lowest BCUT2D eigenvalue weighted by atomic mass is 9.86. The third-order valence-electron chi connectivity index (χ3n) is 4.58. The highest BCUT2D eigenvalue weighted by molar-refractivity contribution is 5.83. The highest BCUT2D eigenvalue weighted by Crippen LogP contribution is 2.40. The van der Waals surface area contributed by atoms with E-state index in [-0.39, 0.29) is 12.0 Å². The van der Waals surface area contributed by atoms with Crippen LogP contribution in [-0.2, 0) is 4.79 Å². The van der Waals surface area contributed by atoms with Crippen molar-refractivity contribution in [3.05, 3.63) is 48.2 Å². The summed E-state index contributed by atoms with van der Waals surface area (Å²) in [5.41, 5.74) is 3.37. The van der Waals surface area contributed by atoms with Gasteiger partial charge in [0.15, 0.2) is 0 Å². The Balaban J connectivity index is 1.63. The fourth-order valence-electron chi connectivity index (χ4n) is 3.46. The van der Waals surface area contributed by atoms with Crippen LogP contribution in [0, 0.1) is 5.92 Å². The predicted molar refractivity (Wildman–Crippen MR) is 79.7 cm³/mol. The van der Waals surface area contributed by atoms with Gasteiger partial charge in [0.2, 0.25) is 0 Å². The average molecular weight is 279 g/mol. The van der Waals surface area contributed by atoms with E-state index in [0.717, 1.165) is 30.5 Å². The van der Waals surface area contributed by atoms with Crippen molar-refractivity contribution in [2.45, 2.75) is 31.7 Å². The van der Waals surface area contributed by atoms with E-state index in [1.165, 1.54) is 5.56 Å². The number of ketones is 1. The van der Waals surface area contributed by atoms with Crippen LogP contribution in [0.1, 0.15) is 37.3 Å². The summed E-state index contributed by atoms with van der Waals surface area (Å²) in [6.45, 7) is 0. The minimum atomic E-state index is 0.0112. The first kappa shape index (κ1) is 12.5. The molecule has 4 heteroatoms. The van der Waals surface area contributed by atoms with E-state index in [2.05, 4.69) is 34.6 Å². The Morgan fingerprint density at radius 2 is 2.19 bits per heavy atom. The number of fused-ring (bicyclic) bond motifs is 3. The molecule has 4 nitrogen and oxygen atoms in total. The minimum Gasteiger partial charge on any atom is -0.299 e. The van der Waals surface area contributed by atoms with Gasteiger partial charge in [0, 0.05) is 17.9 Å². The Bertz CT molecular complexity index is 716. The van der Waals surface area contributed by atoms with Gasteiger partial charge in [-0.1, -0.05) is 41.6 Å². The zero-order valence-corrected chi connectivity index (χ0v) is 11.8. The Labute approximate surface area is 123 Å². The molecule has 1 aliphatic heterocycles. The van der Waals surface area contributed by atoms with Gasteiger partial charge in [-0.3, -0.25) is 4.79 Å². The van der Waals surface area contributed by atoms with Gasteiger partial charge in [0.1, 0.15) is 5.78 Å². The smallest absolute Gasteiger partial charge is 0.138 e. The van der Waals surface area contributed by atoms with Crippen molar-refractivity contribution in [3.63, 3.8) is 0 Å². The number of carbonyl (C=O) groups is 1. The van der Waals surface area contributed by atoms with E-state index in [4.69, 9.17) is 0 Å². The molecule has 2 heterocycles. The molecule has 0 N–H and O–H groups in total. The fourth-order valence-corrected chi connectivity index (χ4v) is 3.46. The topological polar surface area (TPSA) is 47.8 Å². The molecule has 4 rings (SSSR count). The third-order valence-corrected chi connectivity index (χ3v) is 4.58. The van der Waals surface area contributed by atoms with Crippen molar-refractivity contribution in [2.75, 3.05) is 0 Å². The second-order valence-electron chi connectivity index (χ2n) is 5.82. The van der Waals surface area contributed by atoms with Crippen LogP contribution in [0.15, 0.2) is 42.6 Å². The van der Waals surface area contributed by atoms with Crippen LogP contribution in [-0.4, -0.2) is 20.8 Å². The van der Waals surface area contributed by atoms with Crippen LogP contribution in [0.25, 0.3) is 11.3 Å². The summed E-state index contributed by atoms with van der Waals surface area (Å²) in [5, 5.41) is 8.19. The summed E-state index contributed by atoms with van der Waals surface area (Å²) >= 11 is 0. The maximum absolute atomic E-state index is 12.6. The summed E-state index contributed by atoms with van der Waals surface area (Å²) in [6.07, 6.45) is 9.50. The first-order valence-corrected chi connectivity index (χ1v) is 7.52. The Morgan fingerprint density at radius 3 is 3.05 bits per heavy atom. The van der Waals surface area contributed by atoms with E-state index in [1.807, 2.05) is 16.8 Å². The van der Waals surface area contributed by atoms with Crippen LogP contribution < -0.4 is 0 Å². The standard InChI is InChI=1S/C17H17N3O/c21-17(12-6-2-1-3-7-12)10-15-13-8-4-5-9-14(13)16-11-18-19-20(15)16/h1-2,4-5,8-9,11-12,15H,3,6-7,10H2. The van der Waals surface area contributed by atoms with Crippen LogP contribution in [0.2, 0.25) is 0 Å². The zero-order valence-electron chi connectivity index (χ0n) is 11.8. The van der Waals surface area contributed by atoms with Crippen LogP contribution >= 0.6 is 0 Å². The lowest BCUT2D eigenvalue weighted by Gasteiger charge is -2.19. The minimum absolute atomic E-state index is 0.0112. The molecule has 2 unspecified atom stereocenters. The number of hydrogen-bond acceptors (Lipinski definition) is 3. The van der Waals surface area contributed by atoms with Gasteiger partial charge in [0.25, 0.3) is 0 Å². The second-order valence-corrected chi connectivity index (χ2v) is 5.82. The number of carbonyl (C=O) groups excluding carboxylic acids is 1. The lowest BCUT2D eigenvalue weighted by Crippen LogP contribution is -2.21. The molecule has 1 aromatic carbocycles. The molecule has 0 amide bonds. The van der Waals surface area contributed by atoms with Crippen LogP contribution in [0.3, 0.4) is 0 Å². The monoisotopic (exact) mass is 279 g/mol. The fraction of sp³-hybridized carbons (Fsp3) is 0.353. The molecule has 2 aliphatic rings. The number of Topliss-reactive ketones (excluding diaryl/α,β-unsaturated/α-hetero) is 1. The lowest BCUT2D eigenvalue weighted by molar-refractivity contribution is -0.123. The predicted octanol–water partition coefficient (Wildman–Crippen LogP) is 3.16. The first-order valence-electron chi connectivity index (χ1n) is 7.52. The molecule has 2 aromatic rings. The van der Waals surface area contributed by atoms with Gasteiger partial charge in [-0.05, 0) is 24.8 Å². The maximum atomic E-state index is 12.6. The Morgan fingerprint density at radius 1 is 1.29 bits per heavy atom. The summed E-state index contributed by atoms with van der Waals surface area (Å²) in [5.74, 6) is 0.525. The first-order chi connectivity index (χ1) is 10.3. The molecule has 106 valence electrons. The molecule has 0 spiro atoms. The van der Waals surface area contributed by atoms with E-state index in [1.54, 1.807) is 6.20 Å². The molecule has 1 aliphatic carbocycles. The summed E-state index contributed by atoms with van der Waals surface area (Å²) < 4.78 is 1.90. The normalized spacial score (nSPS) is 22.9. The third kappa shape index (κ3) is 2.02. The maximum Gasteiger partial charge on any atom is 0.138 e. The van der Waals surface area contributed by atoms with Crippen molar-refractivity contribution < 1.29 is 4.79 Å². The quantitative estimate of drug-likeness (QED) is 0.811. The van der Waals surface area contributed by atoms with Gasteiger partial charge in [0.05, 0.1) is 17.9 Å². The SMILES string of the molecule is O=C(CC1c2ccccc2-c2cnnn21)C1CC=CCC1. The van der Waals surface area contributed by atoms with Gasteiger partial charge < -0.3 is 0 Å². The van der Waals surface area contributed by atoms with Crippen molar-refractivity contribution in [1.82, 2.24) is 15.0 Å². The van der Waals surface area contributed by atoms with Gasteiger partial charge in [-0.25, -0.2) is 4.68 Å². The number of nitrogens with zero attached hydrogens (tertiary/aromatic N) is 3. The van der Waals surface area contributed by atoms with Crippen molar-refractivity contribution >= 4 is 5.78 Å². The molecule has 1 aromatic heterocycles. The Hall–Kier alpha value is -2.23. The number of aromatic nitrogens is 3. The van der Waals surface area contributed by atoms with Gasteiger partial charge in [-0.2, -0.15) is 0 Å². The largest absolute Gasteiger partial charge is 0.299 e. The number of benzene rings is 1. The molecule has 0 radical (unpaired) electrons. The van der Waals surface area contributed by atoms with E-state index in [0.29, 0.717) is 12.2 Å². The van der Waals surface area contributed by atoms with E-state index >= 15 is 0 Å². The molecular formula is C17H17N3O. The molecular weight excluding hydrogens is 262 g/mol. The number of hydrogen-bond donors (Lipinski definition) is 0. The van der Waals surface area contributed by atoms with Crippen LogP contribution in [0.5, 0.6) is 0 Å². The average Bonchev–Trinajstić information content (AvgIpc) is 3.11. The van der Waals surface area contributed by atoms with Crippen molar-refractivity contribution in [2.24, 2.45) is 5.92 Å².